The fourth-order valence-electron chi connectivity index (χ4n) is 7.64. The van der Waals surface area contributed by atoms with Crippen molar-refractivity contribution in [3.63, 3.8) is 0 Å². The van der Waals surface area contributed by atoms with Crippen LogP contribution in [-0.4, -0.2) is 98.3 Å². The second kappa shape index (κ2) is 37.9. The average molecular weight is 893 g/mol. The van der Waals surface area contributed by atoms with E-state index in [2.05, 4.69) is 26.0 Å². The van der Waals surface area contributed by atoms with E-state index in [4.69, 9.17) is 18.5 Å². The van der Waals surface area contributed by atoms with Crippen LogP contribution in [0.5, 0.6) is 0 Å². The van der Waals surface area contributed by atoms with Crippen molar-refractivity contribution < 1.29 is 63.1 Å². The summed E-state index contributed by atoms with van der Waals surface area (Å²) in [4.78, 5) is 35.7. The maximum Gasteiger partial charge on any atom is 0.472 e. The first kappa shape index (κ1) is 57.6. The maximum absolute atomic E-state index is 12.8. The Hall–Kier alpha value is -1.41. The van der Waals surface area contributed by atoms with Gasteiger partial charge in [-0.05, 0) is 38.5 Å². The third-order valence-corrected chi connectivity index (χ3v) is 12.6. The number of unbranched alkanes of at least 4 members (excludes halogenated alkanes) is 27. The molecule has 6 atom stereocenters. The highest BCUT2D eigenvalue weighted by Crippen LogP contribution is 2.47. The van der Waals surface area contributed by atoms with Gasteiger partial charge in [-0.2, -0.15) is 0 Å². The largest absolute Gasteiger partial charge is 0.472 e. The molecule has 0 saturated heterocycles. The predicted molar refractivity (Wildman–Crippen MR) is 240 cm³/mol. The van der Waals surface area contributed by atoms with Crippen LogP contribution in [0.4, 0.5) is 0 Å². The van der Waals surface area contributed by atoms with E-state index < -0.39 is 75.7 Å². The van der Waals surface area contributed by atoms with Crippen LogP contribution in [0, 0.1) is 0 Å². The molecule has 0 aromatic carbocycles. The molecule has 0 aliphatic heterocycles. The van der Waals surface area contributed by atoms with Crippen molar-refractivity contribution in [1.82, 2.24) is 0 Å². The zero-order valence-electron chi connectivity index (χ0n) is 38.2. The first-order valence-electron chi connectivity index (χ1n) is 24.5. The summed E-state index contributed by atoms with van der Waals surface area (Å²) in [5.74, 6) is -1.09. The number of ether oxygens (including phenoxy) is 2. The molecule has 0 bridgehead atoms. The Morgan fingerprint density at radius 1 is 0.492 bits per heavy atom. The molecule has 1 aliphatic rings. The highest BCUT2D eigenvalue weighted by atomic mass is 31.2. The summed E-state index contributed by atoms with van der Waals surface area (Å²) < 4.78 is 33.6. The van der Waals surface area contributed by atoms with Gasteiger partial charge < -0.3 is 39.9 Å². The van der Waals surface area contributed by atoms with Crippen LogP contribution in [0.25, 0.3) is 0 Å². The molecule has 0 aromatic heterocycles. The van der Waals surface area contributed by atoms with E-state index in [1.165, 1.54) is 128 Å². The van der Waals surface area contributed by atoms with Crippen LogP contribution in [0.3, 0.4) is 0 Å². The van der Waals surface area contributed by atoms with Gasteiger partial charge in [0, 0.05) is 12.8 Å². The van der Waals surface area contributed by atoms with Gasteiger partial charge in [0.15, 0.2) is 6.10 Å². The van der Waals surface area contributed by atoms with Gasteiger partial charge in [0.05, 0.1) is 6.61 Å². The molecule has 0 radical (unpaired) electrons. The van der Waals surface area contributed by atoms with Crippen molar-refractivity contribution in [2.75, 3.05) is 13.2 Å². The van der Waals surface area contributed by atoms with E-state index in [1.807, 2.05) is 0 Å². The monoisotopic (exact) mass is 893 g/mol. The maximum atomic E-state index is 12.8. The van der Waals surface area contributed by atoms with Gasteiger partial charge in [-0.3, -0.25) is 18.6 Å². The smallest absolute Gasteiger partial charge is 0.462 e. The minimum absolute atomic E-state index is 0.0960. The number of carbonyl (C=O) groups excluding carboxylic acids is 2. The summed E-state index contributed by atoms with van der Waals surface area (Å²) >= 11 is 0. The van der Waals surface area contributed by atoms with Gasteiger partial charge in [0.2, 0.25) is 0 Å². The van der Waals surface area contributed by atoms with Crippen molar-refractivity contribution in [3.05, 3.63) is 12.2 Å². The zero-order valence-corrected chi connectivity index (χ0v) is 39.1. The number of hydrogen-bond donors (Lipinski definition) is 6. The van der Waals surface area contributed by atoms with Crippen molar-refractivity contribution in [2.24, 2.45) is 0 Å². The lowest BCUT2D eigenvalue weighted by Gasteiger charge is -2.41. The van der Waals surface area contributed by atoms with Crippen molar-refractivity contribution in [3.8, 4) is 0 Å². The number of phosphoric acid groups is 1. The number of aliphatic hydroxyl groups excluding tert-OH is 5. The third kappa shape index (κ3) is 30.4. The Kier molecular flexibility index (Phi) is 35.8. The Morgan fingerprint density at radius 3 is 1.25 bits per heavy atom. The number of carbonyl (C=O) groups is 2. The highest BCUT2D eigenvalue weighted by Gasteiger charge is 2.51. The molecule has 6 N–H and O–H groups in total. The molecule has 360 valence electrons. The zero-order chi connectivity index (χ0) is 45.0. The van der Waals surface area contributed by atoms with Gasteiger partial charge >= 0.3 is 19.8 Å². The Morgan fingerprint density at radius 2 is 0.836 bits per heavy atom. The summed E-state index contributed by atoms with van der Waals surface area (Å²) in [6, 6.07) is 0. The van der Waals surface area contributed by atoms with E-state index in [1.54, 1.807) is 0 Å². The predicted octanol–water partition coefficient (Wildman–Crippen LogP) is 9.84. The fourth-order valence-corrected chi connectivity index (χ4v) is 8.61. The first-order valence-corrected chi connectivity index (χ1v) is 26.0. The van der Waals surface area contributed by atoms with Crippen LogP contribution in [0.15, 0.2) is 12.2 Å². The summed E-state index contributed by atoms with van der Waals surface area (Å²) in [5, 5.41) is 50.2. The summed E-state index contributed by atoms with van der Waals surface area (Å²) in [7, 11) is -5.11. The van der Waals surface area contributed by atoms with Gasteiger partial charge in [-0.25, -0.2) is 4.57 Å². The number of allylic oxidation sites excluding steroid dienone is 2. The first-order chi connectivity index (χ1) is 29.4. The van der Waals surface area contributed by atoms with E-state index in [0.717, 1.165) is 51.4 Å². The van der Waals surface area contributed by atoms with Crippen LogP contribution in [0.2, 0.25) is 0 Å². The minimum atomic E-state index is -5.11. The molecule has 1 rings (SSSR count). The highest BCUT2D eigenvalue weighted by molar-refractivity contribution is 7.47. The Balaban J connectivity index is 2.42. The molecule has 61 heavy (non-hydrogen) atoms. The number of aliphatic hydroxyl groups is 5. The Labute approximate surface area is 369 Å². The molecular formula is C47H89O13P. The van der Waals surface area contributed by atoms with Crippen LogP contribution in [0.1, 0.15) is 219 Å². The molecule has 14 heteroatoms. The summed E-state index contributed by atoms with van der Waals surface area (Å²) in [6.07, 6.45) is 26.9. The van der Waals surface area contributed by atoms with E-state index in [0.29, 0.717) is 12.8 Å². The van der Waals surface area contributed by atoms with Crippen molar-refractivity contribution in [1.29, 1.82) is 0 Å². The topological polar surface area (TPSA) is 210 Å². The molecule has 1 aliphatic carbocycles. The molecule has 1 saturated carbocycles. The van der Waals surface area contributed by atoms with Gasteiger partial charge in [-0.1, -0.05) is 180 Å². The fraction of sp³-hybridized carbons (Fsp3) is 0.915. The lowest BCUT2D eigenvalue weighted by molar-refractivity contribution is -0.220. The van der Waals surface area contributed by atoms with Crippen molar-refractivity contribution >= 4 is 19.8 Å². The Bertz CT molecular complexity index is 1120. The SMILES string of the molecule is CCCCCCCC/C=C\CCCCCCCCCC(=O)OC(COC(=O)CCCCCCCCCCCCCCCCC)COP(=O)(O)OC1C(O)C(O)C(O)C(O)C1O. The molecular weight excluding hydrogens is 803 g/mol. The van der Waals surface area contributed by atoms with Crippen molar-refractivity contribution in [2.45, 2.75) is 262 Å². The second-order valence-electron chi connectivity index (χ2n) is 17.3. The molecule has 0 spiro atoms. The number of phosphoric ester groups is 1. The third-order valence-electron chi connectivity index (χ3n) is 11.6. The molecule has 0 amide bonds. The lowest BCUT2D eigenvalue weighted by atomic mass is 9.85. The van der Waals surface area contributed by atoms with Crippen LogP contribution < -0.4 is 0 Å². The van der Waals surface area contributed by atoms with Gasteiger partial charge in [0.1, 0.15) is 43.2 Å². The molecule has 0 heterocycles. The second-order valence-corrected chi connectivity index (χ2v) is 18.7. The normalized spacial score (nSPS) is 22.0. The standard InChI is InChI=1S/C47H89O13P/c1-3-5-7-9-11-13-15-17-19-20-22-24-26-28-30-32-34-36-41(49)59-39(38-58-61(55,56)60-47-45(53)43(51)42(50)44(52)46(47)54)37-57-40(48)35-33-31-29-27-25-23-21-18-16-14-12-10-8-6-4-2/h17,19,39,42-47,50-54H,3-16,18,20-38H2,1-2H3,(H,55,56)/b19-17-. The summed E-state index contributed by atoms with van der Waals surface area (Å²) in [5.41, 5.74) is 0. The number of esters is 2. The van der Waals surface area contributed by atoms with E-state index in [9.17, 15) is 44.6 Å². The number of hydrogen-bond acceptors (Lipinski definition) is 12. The van der Waals surface area contributed by atoms with Gasteiger partial charge in [-0.15, -0.1) is 0 Å². The molecule has 1 fully saturated rings. The molecule has 0 aromatic rings. The molecule has 13 nitrogen and oxygen atoms in total. The van der Waals surface area contributed by atoms with E-state index in [-0.39, 0.29) is 12.8 Å². The number of rotatable bonds is 41. The average Bonchev–Trinajstić information content (AvgIpc) is 3.24. The quantitative estimate of drug-likeness (QED) is 0.0146. The molecule has 6 unspecified atom stereocenters. The lowest BCUT2D eigenvalue weighted by Crippen LogP contribution is -2.64. The van der Waals surface area contributed by atoms with Gasteiger partial charge in [0.25, 0.3) is 0 Å². The van der Waals surface area contributed by atoms with E-state index >= 15 is 0 Å². The minimum Gasteiger partial charge on any atom is -0.462 e. The summed E-state index contributed by atoms with van der Waals surface area (Å²) in [6.45, 7) is 3.32. The van der Waals surface area contributed by atoms with Crippen LogP contribution >= 0.6 is 7.82 Å². The van der Waals surface area contributed by atoms with Crippen LogP contribution in [-0.2, 0) is 32.7 Å².